The van der Waals surface area contributed by atoms with Crippen LogP contribution in [0.4, 0.5) is 0 Å². The summed E-state index contributed by atoms with van der Waals surface area (Å²) in [5.41, 5.74) is 5.56. The molecule has 1 atom stereocenters. The van der Waals surface area contributed by atoms with Crippen LogP contribution in [0.2, 0.25) is 0 Å². The smallest absolute Gasteiger partial charge is 0.222 e. The monoisotopic (exact) mass is 255 g/mol. The molecule has 0 aromatic rings. The molecule has 0 spiro atoms. The molecule has 0 aromatic carbocycles. The number of amides is 1. The predicted molar refractivity (Wildman–Crippen MR) is 75.3 cm³/mol. The molecule has 1 unspecified atom stereocenters. The highest BCUT2D eigenvalue weighted by Crippen LogP contribution is 2.09. The van der Waals surface area contributed by atoms with Gasteiger partial charge in [0.15, 0.2) is 0 Å². The first kappa shape index (κ1) is 15.4. The van der Waals surface area contributed by atoms with Crippen LogP contribution in [0.15, 0.2) is 0 Å². The summed E-state index contributed by atoms with van der Waals surface area (Å²) in [6.45, 7) is 12.1. The van der Waals surface area contributed by atoms with E-state index in [1.807, 2.05) is 11.8 Å². The predicted octanol–water partition coefficient (Wildman–Crippen LogP) is 1.16. The highest BCUT2D eigenvalue weighted by Gasteiger charge is 2.21. The molecule has 0 saturated carbocycles. The summed E-state index contributed by atoms with van der Waals surface area (Å²) >= 11 is 0. The van der Waals surface area contributed by atoms with Gasteiger partial charge in [-0.15, -0.1) is 0 Å². The van der Waals surface area contributed by atoms with E-state index in [9.17, 15) is 4.79 Å². The fourth-order valence-corrected chi connectivity index (χ4v) is 2.17. The Morgan fingerprint density at radius 2 is 1.78 bits per heavy atom. The molecule has 106 valence electrons. The number of nitrogens with two attached hydrogens (primary N) is 1. The van der Waals surface area contributed by atoms with E-state index in [-0.39, 0.29) is 5.91 Å². The second-order valence-electron chi connectivity index (χ2n) is 5.95. The van der Waals surface area contributed by atoms with Gasteiger partial charge in [-0.2, -0.15) is 0 Å². The van der Waals surface area contributed by atoms with E-state index in [4.69, 9.17) is 5.73 Å². The molecule has 1 saturated heterocycles. The van der Waals surface area contributed by atoms with Gasteiger partial charge in [-0.05, 0) is 31.3 Å². The van der Waals surface area contributed by atoms with Gasteiger partial charge >= 0.3 is 0 Å². The van der Waals surface area contributed by atoms with Crippen LogP contribution < -0.4 is 5.73 Å². The van der Waals surface area contributed by atoms with E-state index in [1.54, 1.807) is 0 Å². The van der Waals surface area contributed by atoms with Gasteiger partial charge in [0.2, 0.25) is 5.91 Å². The zero-order valence-corrected chi connectivity index (χ0v) is 12.2. The van der Waals surface area contributed by atoms with Gasteiger partial charge in [-0.1, -0.05) is 20.8 Å². The lowest BCUT2D eigenvalue weighted by molar-refractivity contribution is -0.133. The lowest BCUT2D eigenvalue weighted by Gasteiger charge is -2.35. The van der Waals surface area contributed by atoms with Crippen molar-refractivity contribution >= 4 is 5.91 Å². The minimum atomic E-state index is 0.274. The van der Waals surface area contributed by atoms with Crippen LogP contribution in [0, 0.1) is 11.8 Å². The summed E-state index contributed by atoms with van der Waals surface area (Å²) in [7, 11) is 0. The Balaban J connectivity index is 2.24. The minimum Gasteiger partial charge on any atom is -0.340 e. The van der Waals surface area contributed by atoms with Crippen LogP contribution in [-0.2, 0) is 4.79 Å². The molecule has 4 nitrogen and oxygen atoms in total. The third-order valence-corrected chi connectivity index (χ3v) is 3.67. The van der Waals surface area contributed by atoms with Crippen molar-refractivity contribution in [3.05, 3.63) is 0 Å². The Kier molecular flexibility index (Phi) is 6.65. The van der Waals surface area contributed by atoms with Crippen molar-refractivity contribution in [3.8, 4) is 0 Å². The topological polar surface area (TPSA) is 49.6 Å². The molecular weight excluding hydrogens is 226 g/mol. The normalized spacial score (nSPS) is 19.3. The average Bonchev–Trinajstić information content (AvgIpc) is 2.36. The van der Waals surface area contributed by atoms with Crippen LogP contribution in [-0.4, -0.2) is 55.0 Å². The van der Waals surface area contributed by atoms with Gasteiger partial charge in [0.25, 0.3) is 0 Å². The molecule has 18 heavy (non-hydrogen) atoms. The van der Waals surface area contributed by atoms with Crippen molar-refractivity contribution in [1.82, 2.24) is 9.80 Å². The van der Waals surface area contributed by atoms with Crippen molar-refractivity contribution in [1.29, 1.82) is 0 Å². The van der Waals surface area contributed by atoms with Crippen LogP contribution in [0.1, 0.15) is 33.6 Å². The number of hydrogen-bond acceptors (Lipinski definition) is 3. The summed E-state index contributed by atoms with van der Waals surface area (Å²) in [6, 6.07) is 0. The van der Waals surface area contributed by atoms with Gasteiger partial charge in [0.1, 0.15) is 0 Å². The molecule has 2 N–H and O–H groups in total. The molecule has 1 amide bonds. The highest BCUT2D eigenvalue weighted by molar-refractivity contribution is 5.76. The summed E-state index contributed by atoms with van der Waals surface area (Å²) in [4.78, 5) is 16.5. The molecule has 1 fully saturated rings. The molecule has 0 radical (unpaired) electrons. The molecule has 1 aliphatic rings. The fourth-order valence-electron chi connectivity index (χ4n) is 2.17. The van der Waals surface area contributed by atoms with E-state index in [1.165, 1.54) is 13.0 Å². The maximum absolute atomic E-state index is 12.0. The molecule has 1 aliphatic heterocycles. The SMILES string of the molecule is CC(C)CCN1CCN(C(=O)CC(C)CN)CC1. The van der Waals surface area contributed by atoms with E-state index in [0.29, 0.717) is 18.9 Å². The Bertz CT molecular complexity index is 247. The summed E-state index contributed by atoms with van der Waals surface area (Å²) in [6.07, 6.45) is 1.85. The zero-order valence-electron chi connectivity index (χ0n) is 12.2. The average molecular weight is 255 g/mol. The van der Waals surface area contributed by atoms with E-state index >= 15 is 0 Å². The minimum absolute atomic E-state index is 0.274. The Morgan fingerprint density at radius 3 is 2.28 bits per heavy atom. The summed E-state index contributed by atoms with van der Waals surface area (Å²) in [5, 5.41) is 0. The van der Waals surface area contributed by atoms with Crippen LogP contribution in [0.25, 0.3) is 0 Å². The van der Waals surface area contributed by atoms with Crippen molar-refractivity contribution < 1.29 is 4.79 Å². The highest BCUT2D eigenvalue weighted by atomic mass is 16.2. The third-order valence-electron chi connectivity index (χ3n) is 3.67. The summed E-state index contributed by atoms with van der Waals surface area (Å²) in [5.74, 6) is 1.34. The molecule has 0 aromatic heterocycles. The quantitative estimate of drug-likeness (QED) is 0.775. The Morgan fingerprint density at radius 1 is 1.17 bits per heavy atom. The van der Waals surface area contributed by atoms with Gasteiger partial charge in [-0.25, -0.2) is 0 Å². The van der Waals surface area contributed by atoms with Crippen molar-refractivity contribution in [2.45, 2.75) is 33.6 Å². The maximum atomic E-state index is 12.0. The van der Waals surface area contributed by atoms with Crippen LogP contribution in [0.5, 0.6) is 0 Å². The summed E-state index contributed by atoms with van der Waals surface area (Å²) < 4.78 is 0. The second kappa shape index (κ2) is 7.74. The lowest BCUT2D eigenvalue weighted by atomic mass is 10.1. The first-order valence-electron chi connectivity index (χ1n) is 7.23. The fraction of sp³-hybridized carbons (Fsp3) is 0.929. The number of carbonyl (C=O) groups excluding carboxylic acids is 1. The zero-order chi connectivity index (χ0) is 13.5. The van der Waals surface area contributed by atoms with Crippen LogP contribution in [0.3, 0.4) is 0 Å². The van der Waals surface area contributed by atoms with Crippen LogP contribution >= 0.6 is 0 Å². The van der Waals surface area contributed by atoms with E-state index in [2.05, 4.69) is 18.7 Å². The number of nitrogens with zero attached hydrogens (tertiary/aromatic N) is 2. The number of piperazine rings is 1. The number of carbonyl (C=O) groups is 1. The number of hydrogen-bond donors (Lipinski definition) is 1. The number of rotatable bonds is 6. The first-order chi connectivity index (χ1) is 8.52. The second-order valence-corrected chi connectivity index (χ2v) is 5.95. The molecule has 0 aliphatic carbocycles. The maximum Gasteiger partial charge on any atom is 0.222 e. The van der Waals surface area contributed by atoms with Crippen molar-refractivity contribution in [2.24, 2.45) is 17.6 Å². The Labute approximate surface area is 111 Å². The third kappa shape index (κ3) is 5.36. The largest absolute Gasteiger partial charge is 0.340 e. The molecule has 4 heteroatoms. The lowest BCUT2D eigenvalue weighted by Crippen LogP contribution is -2.49. The molecular formula is C14H29N3O. The molecule has 1 heterocycles. The van der Waals surface area contributed by atoms with Gasteiger partial charge < -0.3 is 10.6 Å². The van der Waals surface area contributed by atoms with Crippen molar-refractivity contribution in [3.63, 3.8) is 0 Å². The molecule has 1 rings (SSSR count). The van der Waals surface area contributed by atoms with E-state index in [0.717, 1.165) is 32.1 Å². The van der Waals surface area contributed by atoms with Gasteiger partial charge in [-0.3, -0.25) is 9.69 Å². The van der Waals surface area contributed by atoms with Gasteiger partial charge in [0, 0.05) is 32.6 Å². The first-order valence-corrected chi connectivity index (χ1v) is 7.23. The molecule has 0 bridgehead atoms. The van der Waals surface area contributed by atoms with Crippen molar-refractivity contribution in [2.75, 3.05) is 39.3 Å². The van der Waals surface area contributed by atoms with E-state index < -0.39 is 0 Å². The Hall–Kier alpha value is -0.610. The standard InChI is InChI=1S/C14H29N3O/c1-12(2)4-5-16-6-8-17(9-7-16)14(18)10-13(3)11-15/h12-13H,4-11,15H2,1-3H3. The van der Waals surface area contributed by atoms with Gasteiger partial charge in [0.05, 0.1) is 0 Å².